The number of hydrogen-bond acceptors (Lipinski definition) is 6. The average Bonchev–Trinajstić information content (AvgIpc) is 3.05. The second-order valence-electron chi connectivity index (χ2n) is 4.06. The fourth-order valence-electron chi connectivity index (χ4n) is 1.56. The van der Waals surface area contributed by atoms with Gasteiger partial charge >= 0.3 is 5.97 Å². The molecular formula is C12H16N4O3. The molecule has 2 aromatic rings. The van der Waals surface area contributed by atoms with Crippen molar-refractivity contribution >= 4 is 5.97 Å². The first-order chi connectivity index (χ1) is 9.22. The van der Waals surface area contributed by atoms with Crippen molar-refractivity contribution in [3.63, 3.8) is 0 Å². The predicted molar refractivity (Wildman–Crippen MR) is 65.4 cm³/mol. The molecule has 0 unspecified atom stereocenters. The summed E-state index contributed by atoms with van der Waals surface area (Å²) < 4.78 is 9.96. The molecule has 102 valence electrons. The topological polar surface area (TPSA) is 93.9 Å². The highest BCUT2D eigenvalue weighted by Gasteiger charge is 2.14. The van der Waals surface area contributed by atoms with Crippen LogP contribution in [0.1, 0.15) is 48.2 Å². The highest BCUT2D eigenvalue weighted by Crippen LogP contribution is 2.06. The number of esters is 1. The van der Waals surface area contributed by atoms with Crippen LogP contribution in [0.3, 0.4) is 0 Å². The number of nitrogens with zero attached hydrogens (tertiary/aromatic N) is 3. The summed E-state index contributed by atoms with van der Waals surface area (Å²) in [7, 11) is 0. The molecule has 0 saturated heterocycles. The van der Waals surface area contributed by atoms with Crippen molar-refractivity contribution < 1.29 is 14.1 Å². The molecule has 0 amide bonds. The number of nitrogens with one attached hydrogen (secondary N) is 1. The minimum Gasteiger partial charge on any atom is -0.451 e. The van der Waals surface area contributed by atoms with Crippen molar-refractivity contribution in [2.45, 2.75) is 39.7 Å². The van der Waals surface area contributed by atoms with Crippen LogP contribution in [-0.2, 0) is 24.2 Å². The Hall–Kier alpha value is -2.18. The molecule has 2 rings (SSSR count). The van der Waals surface area contributed by atoms with E-state index in [0.717, 1.165) is 18.5 Å². The molecule has 0 atom stereocenters. The fraction of sp³-hybridized carbons (Fsp3) is 0.500. The summed E-state index contributed by atoms with van der Waals surface area (Å²) in [6.45, 7) is 3.93. The van der Waals surface area contributed by atoms with Crippen molar-refractivity contribution in [1.82, 2.24) is 20.3 Å². The third kappa shape index (κ3) is 3.40. The Kier molecular flexibility index (Phi) is 4.27. The van der Waals surface area contributed by atoms with Gasteiger partial charge in [-0.3, -0.25) is 5.10 Å². The molecule has 7 nitrogen and oxygen atoms in total. The van der Waals surface area contributed by atoms with Crippen LogP contribution in [0, 0.1) is 0 Å². The highest BCUT2D eigenvalue weighted by molar-refractivity contribution is 5.87. The van der Waals surface area contributed by atoms with Gasteiger partial charge in [0.05, 0.1) is 0 Å². The molecule has 2 aromatic heterocycles. The second kappa shape index (κ2) is 6.12. The molecule has 0 aliphatic carbocycles. The van der Waals surface area contributed by atoms with Crippen LogP contribution in [0.5, 0.6) is 0 Å². The first-order valence-corrected chi connectivity index (χ1v) is 6.25. The maximum absolute atomic E-state index is 11.7. The summed E-state index contributed by atoms with van der Waals surface area (Å²) in [5.41, 5.74) is 1.18. The van der Waals surface area contributed by atoms with Gasteiger partial charge in [0, 0.05) is 12.1 Å². The zero-order valence-electron chi connectivity index (χ0n) is 11.0. The molecule has 0 fully saturated rings. The van der Waals surface area contributed by atoms with E-state index in [1.807, 2.05) is 6.92 Å². The van der Waals surface area contributed by atoms with E-state index in [2.05, 4.69) is 27.3 Å². The smallest absolute Gasteiger partial charge is 0.359 e. The largest absolute Gasteiger partial charge is 0.451 e. The van der Waals surface area contributed by atoms with Gasteiger partial charge in [0.2, 0.25) is 0 Å². The van der Waals surface area contributed by atoms with Gasteiger partial charge in [-0.2, -0.15) is 10.1 Å². The van der Waals surface area contributed by atoms with Crippen LogP contribution in [0.15, 0.2) is 10.6 Å². The van der Waals surface area contributed by atoms with Gasteiger partial charge in [-0.05, 0) is 12.5 Å². The zero-order valence-corrected chi connectivity index (χ0v) is 11.0. The first-order valence-electron chi connectivity index (χ1n) is 6.25. The van der Waals surface area contributed by atoms with Crippen LogP contribution in [0.2, 0.25) is 0 Å². The Morgan fingerprint density at radius 2 is 2.32 bits per heavy atom. The lowest BCUT2D eigenvalue weighted by Gasteiger charge is -1.97. The predicted octanol–water partition coefficient (Wildman–Crippen LogP) is 1.66. The lowest BCUT2D eigenvalue weighted by atomic mass is 10.2. The molecule has 0 aliphatic heterocycles. The van der Waals surface area contributed by atoms with Gasteiger partial charge in [0.15, 0.2) is 18.1 Å². The van der Waals surface area contributed by atoms with Gasteiger partial charge in [0.25, 0.3) is 5.89 Å². The minimum absolute atomic E-state index is 0.0399. The monoisotopic (exact) mass is 264 g/mol. The summed E-state index contributed by atoms with van der Waals surface area (Å²) in [6.07, 6.45) is 2.51. The van der Waals surface area contributed by atoms with E-state index in [-0.39, 0.29) is 18.2 Å². The summed E-state index contributed by atoms with van der Waals surface area (Å²) in [6, 6.07) is 1.69. The van der Waals surface area contributed by atoms with Gasteiger partial charge in [-0.1, -0.05) is 25.4 Å². The van der Waals surface area contributed by atoms with Crippen molar-refractivity contribution in [3.8, 4) is 0 Å². The Morgan fingerprint density at radius 1 is 1.47 bits per heavy atom. The Bertz CT molecular complexity index is 547. The van der Waals surface area contributed by atoms with E-state index in [1.165, 1.54) is 0 Å². The van der Waals surface area contributed by atoms with Crippen molar-refractivity contribution in [1.29, 1.82) is 0 Å². The molecular weight excluding hydrogens is 248 g/mol. The number of carbonyl (C=O) groups excluding carboxylic acids is 1. The normalized spacial score (nSPS) is 10.6. The summed E-state index contributed by atoms with van der Waals surface area (Å²) in [5, 5.41) is 10.4. The number of ether oxygens (including phenoxy) is 1. The second-order valence-corrected chi connectivity index (χ2v) is 4.06. The quantitative estimate of drug-likeness (QED) is 0.797. The van der Waals surface area contributed by atoms with Gasteiger partial charge < -0.3 is 9.26 Å². The van der Waals surface area contributed by atoms with Crippen molar-refractivity contribution in [3.05, 3.63) is 29.2 Å². The number of aromatic nitrogens is 4. The molecule has 19 heavy (non-hydrogen) atoms. The number of carbonyl (C=O) groups is 1. The third-order valence-electron chi connectivity index (χ3n) is 2.51. The highest BCUT2D eigenvalue weighted by atomic mass is 16.6. The molecule has 0 spiro atoms. The number of hydrogen-bond donors (Lipinski definition) is 1. The molecule has 7 heteroatoms. The Balaban J connectivity index is 1.89. The lowest BCUT2D eigenvalue weighted by Crippen LogP contribution is -2.06. The standard InChI is InChI=1S/C12H16N4O3/c1-3-5-8-6-9(15-14-8)12(17)18-7-11-13-10(4-2)16-19-11/h6H,3-5,7H2,1-2H3,(H,14,15). The van der Waals surface area contributed by atoms with Crippen LogP contribution in [-0.4, -0.2) is 26.3 Å². The third-order valence-corrected chi connectivity index (χ3v) is 2.51. The molecule has 0 aliphatic rings. The molecule has 0 aromatic carbocycles. The number of aryl methyl sites for hydroxylation is 2. The van der Waals surface area contributed by atoms with E-state index in [4.69, 9.17) is 9.26 Å². The van der Waals surface area contributed by atoms with Gasteiger partial charge in [-0.15, -0.1) is 0 Å². The van der Waals surface area contributed by atoms with Crippen LogP contribution in [0.25, 0.3) is 0 Å². The molecule has 0 saturated carbocycles. The molecule has 2 heterocycles. The van der Waals surface area contributed by atoms with E-state index >= 15 is 0 Å². The van der Waals surface area contributed by atoms with Gasteiger partial charge in [-0.25, -0.2) is 4.79 Å². The van der Waals surface area contributed by atoms with Gasteiger partial charge in [0.1, 0.15) is 0 Å². The Morgan fingerprint density at radius 3 is 3.00 bits per heavy atom. The first kappa shape index (κ1) is 13.3. The molecule has 0 bridgehead atoms. The molecule has 1 N–H and O–H groups in total. The maximum atomic E-state index is 11.7. The van der Waals surface area contributed by atoms with E-state index < -0.39 is 5.97 Å². The molecule has 0 radical (unpaired) electrons. The van der Waals surface area contributed by atoms with E-state index in [1.54, 1.807) is 6.07 Å². The summed E-state index contributed by atoms with van der Waals surface area (Å²) in [4.78, 5) is 15.8. The van der Waals surface area contributed by atoms with Crippen LogP contribution < -0.4 is 0 Å². The average molecular weight is 264 g/mol. The fourth-order valence-corrected chi connectivity index (χ4v) is 1.56. The SMILES string of the molecule is CCCc1cc(C(=O)OCc2nc(CC)no2)n[nH]1. The number of rotatable bonds is 6. The summed E-state index contributed by atoms with van der Waals surface area (Å²) >= 11 is 0. The van der Waals surface area contributed by atoms with Crippen molar-refractivity contribution in [2.75, 3.05) is 0 Å². The lowest BCUT2D eigenvalue weighted by molar-refractivity contribution is 0.0423. The van der Waals surface area contributed by atoms with Crippen molar-refractivity contribution in [2.24, 2.45) is 0 Å². The Labute approximate surface area is 110 Å². The zero-order chi connectivity index (χ0) is 13.7. The minimum atomic E-state index is -0.505. The maximum Gasteiger partial charge on any atom is 0.359 e. The van der Waals surface area contributed by atoms with Crippen LogP contribution >= 0.6 is 0 Å². The number of aromatic amines is 1. The van der Waals surface area contributed by atoms with Crippen LogP contribution in [0.4, 0.5) is 0 Å². The summed E-state index contributed by atoms with van der Waals surface area (Å²) in [5.74, 6) is 0.375. The van der Waals surface area contributed by atoms with E-state index in [9.17, 15) is 4.79 Å². The van der Waals surface area contributed by atoms with E-state index in [0.29, 0.717) is 12.2 Å². The number of H-pyrrole nitrogens is 1.